The number of rotatable bonds is 4. The van der Waals surface area contributed by atoms with Crippen molar-refractivity contribution in [1.82, 2.24) is 4.90 Å². The maximum absolute atomic E-state index is 4.86. The minimum atomic E-state index is 0.110. The number of unbranched alkanes of at least 4 members (excludes halogenated alkanes) is 1. The van der Waals surface area contributed by atoms with E-state index in [0.29, 0.717) is 5.92 Å². The molecule has 0 saturated heterocycles. The lowest BCUT2D eigenvalue weighted by Gasteiger charge is -2.27. The van der Waals surface area contributed by atoms with E-state index in [1.54, 1.807) is 0 Å². The van der Waals surface area contributed by atoms with Gasteiger partial charge in [-0.3, -0.25) is 4.99 Å². The summed E-state index contributed by atoms with van der Waals surface area (Å²) < 4.78 is 0. The van der Waals surface area contributed by atoms with Crippen LogP contribution in [0.4, 0.5) is 0 Å². The van der Waals surface area contributed by atoms with Gasteiger partial charge in [-0.05, 0) is 6.42 Å². The summed E-state index contributed by atoms with van der Waals surface area (Å²) in [6.45, 7) is 4.46. The molecule has 1 aliphatic heterocycles. The molecule has 1 heterocycles. The van der Waals surface area contributed by atoms with Crippen LogP contribution in [-0.4, -0.2) is 36.7 Å². The highest BCUT2D eigenvalue weighted by molar-refractivity contribution is 6.09. The molecule has 0 bridgehead atoms. The highest BCUT2D eigenvalue weighted by Crippen LogP contribution is 2.23. The van der Waals surface area contributed by atoms with E-state index in [4.69, 9.17) is 9.98 Å². The van der Waals surface area contributed by atoms with Gasteiger partial charge in [0.1, 0.15) is 11.7 Å². The van der Waals surface area contributed by atoms with Crippen molar-refractivity contribution >= 4 is 11.7 Å². The van der Waals surface area contributed by atoms with Crippen LogP contribution in [0.15, 0.2) is 45.9 Å². The SMILES string of the molecule is CCCCC(C)C1=NC2C=CC=CC=C2C(N(C)C)=N1. The maximum atomic E-state index is 4.86. The second kappa shape index (κ2) is 6.69. The van der Waals surface area contributed by atoms with Crippen LogP contribution in [-0.2, 0) is 0 Å². The van der Waals surface area contributed by atoms with Crippen LogP contribution in [0.2, 0.25) is 0 Å². The first-order valence-corrected chi connectivity index (χ1v) is 7.52. The molecule has 0 radical (unpaired) electrons. The van der Waals surface area contributed by atoms with E-state index < -0.39 is 0 Å². The first-order chi connectivity index (χ1) is 9.63. The average molecular weight is 271 g/mol. The molecule has 2 unspecified atom stereocenters. The molecule has 20 heavy (non-hydrogen) atoms. The fourth-order valence-electron chi connectivity index (χ4n) is 2.49. The standard InChI is InChI=1S/C17H25N3/c1-5-6-10-13(2)16-18-15-12-9-7-8-11-14(15)17(19-16)20(3)4/h7-9,11-13,15H,5-6,10H2,1-4H3. The van der Waals surface area contributed by atoms with Gasteiger partial charge in [0.25, 0.3) is 0 Å². The van der Waals surface area contributed by atoms with Crippen molar-refractivity contribution < 1.29 is 0 Å². The number of likely N-dealkylation sites (N-methyl/N-ethyl adjacent to an activating group) is 1. The zero-order chi connectivity index (χ0) is 14.5. The lowest BCUT2D eigenvalue weighted by molar-refractivity contribution is 0.598. The van der Waals surface area contributed by atoms with Gasteiger partial charge >= 0.3 is 0 Å². The minimum Gasteiger partial charge on any atom is -0.362 e. The van der Waals surface area contributed by atoms with Gasteiger partial charge in [-0.15, -0.1) is 0 Å². The Morgan fingerprint density at radius 1 is 1.25 bits per heavy atom. The molecule has 2 rings (SSSR count). The Bertz CT molecular complexity index is 492. The fraction of sp³-hybridized carbons (Fsp3) is 0.529. The van der Waals surface area contributed by atoms with Crippen LogP contribution < -0.4 is 0 Å². The van der Waals surface area contributed by atoms with Crippen molar-refractivity contribution in [3.8, 4) is 0 Å². The maximum Gasteiger partial charge on any atom is 0.135 e. The molecule has 0 saturated carbocycles. The van der Waals surface area contributed by atoms with E-state index in [9.17, 15) is 0 Å². The van der Waals surface area contributed by atoms with E-state index in [2.05, 4.69) is 57.1 Å². The molecule has 2 atom stereocenters. The van der Waals surface area contributed by atoms with Gasteiger partial charge in [0.2, 0.25) is 0 Å². The first-order valence-electron chi connectivity index (χ1n) is 7.52. The second-order valence-electron chi connectivity index (χ2n) is 5.70. The van der Waals surface area contributed by atoms with Gasteiger partial charge < -0.3 is 4.90 Å². The third-order valence-corrected chi connectivity index (χ3v) is 3.72. The fourth-order valence-corrected chi connectivity index (χ4v) is 2.49. The molecule has 0 N–H and O–H groups in total. The quantitative estimate of drug-likeness (QED) is 0.767. The third-order valence-electron chi connectivity index (χ3n) is 3.72. The van der Waals surface area contributed by atoms with Gasteiger partial charge in [-0.2, -0.15) is 0 Å². The summed E-state index contributed by atoms with van der Waals surface area (Å²) in [6, 6.07) is 0.110. The van der Waals surface area contributed by atoms with Gasteiger partial charge in [0, 0.05) is 25.6 Å². The normalized spacial score (nSPS) is 22.4. The summed E-state index contributed by atoms with van der Waals surface area (Å²) in [7, 11) is 4.10. The second-order valence-corrected chi connectivity index (χ2v) is 5.70. The van der Waals surface area contributed by atoms with E-state index in [-0.39, 0.29) is 6.04 Å². The monoisotopic (exact) mass is 271 g/mol. The van der Waals surface area contributed by atoms with E-state index in [0.717, 1.165) is 18.1 Å². The van der Waals surface area contributed by atoms with Crippen LogP contribution in [0, 0.1) is 5.92 Å². The lowest BCUT2D eigenvalue weighted by Crippen LogP contribution is -2.34. The first kappa shape index (κ1) is 14.8. The largest absolute Gasteiger partial charge is 0.362 e. The van der Waals surface area contributed by atoms with Crippen LogP contribution in [0.5, 0.6) is 0 Å². The van der Waals surface area contributed by atoms with Crippen molar-refractivity contribution in [2.75, 3.05) is 14.1 Å². The molecule has 0 aromatic heterocycles. The number of amidine groups is 2. The smallest absolute Gasteiger partial charge is 0.135 e. The number of hydrogen-bond acceptors (Lipinski definition) is 3. The predicted molar refractivity (Wildman–Crippen MR) is 87.4 cm³/mol. The Hall–Kier alpha value is -1.64. The molecular formula is C17H25N3. The molecule has 0 spiro atoms. The van der Waals surface area contributed by atoms with Gasteiger partial charge in [-0.25, -0.2) is 4.99 Å². The Kier molecular flexibility index (Phi) is 4.94. The van der Waals surface area contributed by atoms with E-state index >= 15 is 0 Å². The summed E-state index contributed by atoms with van der Waals surface area (Å²) in [4.78, 5) is 11.8. The predicted octanol–water partition coefficient (Wildman–Crippen LogP) is 3.61. The highest BCUT2D eigenvalue weighted by Gasteiger charge is 2.25. The molecule has 3 nitrogen and oxygen atoms in total. The van der Waals surface area contributed by atoms with Crippen molar-refractivity contribution in [2.24, 2.45) is 15.9 Å². The van der Waals surface area contributed by atoms with Crippen LogP contribution in [0.1, 0.15) is 33.1 Å². The number of aliphatic imine (C=N–C) groups is 2. The number of hydrogen-bond donors (Lipinski definition) is 0. The lowest BCUT2D eigenvalue weighted by atomic mass is 9.99. The van der Waals surface area contributed by atoms with E-state index in [1.807, 2.05) is 6.08 Å². The van der Waals surface area contributed by atoms with Crippen molar-refractivity contribution in [2.45, 2.75) is 39.2 Å². The molecule has 3 heteroatoms. The van der Waals surface area contributed by atoms with Gasteiger partial charge in [0.05, 0.1) is 6.04 Å². The Morgan fingerprint density at radius 3 is 2.75 bits per heavy atom. The molecule has 2 aliphatic rings. The summed E-state index contributed by atoms with van der Waals surface area (Å²) in [5.74, 6) is 2.46. The van der Waals surface area contributed by atoms with Crippen LogP contribution >= 0.6 is 0 Å². The Morgan fingerprint density at radius 2 is 2.05 bits per heavy atom. The van der Waals surface area contributed by atoms with Gasteiger partial charge in [-0.1, -0.05) is 57.1 Å². The Balaban J connectivity index is 2.30. The van der Waals surface area contributed by atoms with Crippen molar-refractivity contribution in [3.63, 3.8) is 0 Å². The van der Waals surface area contributed by atoms with Crippen molar-refractivity contribution in [1.29, 1.82) is 0 Å². The summed E-state index contributed by atoms with van der Waals surface area (Å²) in [5.41, 5.74) is 1.19. The van der Waals surface area contributed by atoms with Gasteiger partial charge in [0.15, 0.2) is 0 Å². The molecule has 0 fully saturated rings. The molecular weight excluding hydrogens is 246 g/mol. The van der Waals surface area contributed by atoms with Crippen molar-refractivity contribution in [3.05, 3.63) is 36.0 Å². The average Bonchev–Trinajstić information content (AvgIpc) is 2.68. The highest BCUT2D eigenvalue weighted by atomic mass is 15.2. The zero-order valence-corrected chi connectivity index (χ0v) is 13.0. The molecule has 0 aromatic rings. The molecule has 0 amide bonds. The summed E-state index contributed by atoms with van der Waals surface area (Å²) >= 11 is 0. The minimum absolute atomic E-state index is 0.110. The molecule has 108 valence electrons. The molecule has 0 aromatic carbocycles. The Labute approximate surface area is 122 Å². The summed E-state index contributed by atoms with van der Waals surface area (Å²) in [5, 5.41) is 0. The third kappa shape index (κ3) is 3.27. The summed E-state index contributed by atoms with van der Waals surface area (Å²) in [6.07, 6.45) is 14.1. The zero-order valence-electron chi connectivity index (χ0n) is 13.0. The number of nitrogens with zero attached hydrogens (tertiary/aromatic N) is 3. The van der Waals surface area contributed by atoms with E-state index in [1.165, 1.54) is 18.4 Å². The van der Waals surface area contributed by atoms with Crippen LogP contribution in [0.25, 0.3) is 0 Å². The van der Waals surface area contributed by atoms with Crippen LogP contribution in [0.3, 0.4) is 0 Å². The molecule has 1 aliphatic carbocycles. The number of allylic oxidation sites excluding steroid dienone is 4. The topological polar surface area (TPSA) is 28.0 Å². The number of fused-ring (bicyclic) bond motifs is 1.